The van der Waals surface area contributed by atoms with Gasteiger partial charge in [0.25, 0.3) is 0 Å². The number of halogens is 1. The predicted molar refractivity (Wildman–Crippen MR) is 95.0 cm³/mol. The van der Waals surface area contributed by atoms with Gasteiger partial charge in [-0.05, 0) is 24.1 Å². The van der Waals surface area contributed by atoms with E-state index in [1.807, 2.05) is 23.9 Å². The fraction of sp³-hybridized carbons (Fsp3) is 0.588. The summed E-state index contributed by atoms with van der Waals surface area (Å²) < 4.78 is 6.11. The molecule has 0 radical (unpaired) electrons. The van der Waals surface area contributed by atoms with Crippen LogP contribution in [-0.2, 0) is 16.1 Å². The topological polar surface area (TPSA) is 32.8 Å². The fourth-order valence-corrected chi connectivity index (χ4v) is 4.91. The van der Waals surface area contributed by atoms with Crippen molar-refractivity contribution in [1.29, 1.82) is 0 Å². The van der Waals surface area contributed by atoms with Crippen LogP contribution >= 0.6 is 23.4 Å². The highest BCUT2D eigenvalue weighted by atomic mass is 35.5. The number of nitrogens with zero attached hydrogens (tertiary/aromatic N) is 2. The van der Waals surface area contributed by atoms with Crippen LogP contribution in [0.1, 0.15) is 12.0 Å². The van der Waals surface area contributed by atoms with Gasteiger partial charge < -0.3 is 9.64 Å². The third kappa shape index (κ3) is 4.21. The number of likely N-dealkylation sites (tertiary alicyclic amines) is 1. The van der Waals surface area contributed by atoms with Gasteiger partial charge in [0.05, 0.1) is 6.10 Å². The quantitative estimate of drug-likeness (QED) is 0.813. The molecule has 1 amide bonds. The second kappa shape index (κ2) is 7.01. The average Bonchev–Trinajstić information content (AvgIpc) is 2.91. The summed E-state index contributed by atoms with van der Waals surface area (Å²) in [5, 5.41) is 0.785. The number of carbonyl (C=O) groups is 1. The Kier molecular flexibility index (Phi) is 5.21. The number of benzene rings is 1. The molecule has 3 rings (SSSR count). The van der Waals surface area contributed by atoms with Crippen LogP contribution in [-0.4, -0.2) is 66.1 Å². The number of thioether (sulfide) groups is 1. The number of hydrogen-bond donors (Lipinski definition) is 0. The monoisotopic (exact) mass is 354 g/mol. The van der Waals surface area contributed by atoms with Crippen LogP contribution < -0.4 is 0 Å². The molecule has 0 saturated carbocycles. The summed E-state index contributed by atoms with van der Waals surface area (Å²) in [4.78, 5) is 15.6. The largest absolute Gasteiger partial charge is 0.367 e. The summed E-state index contributed by atoms with van der Waals surface area (Å²) in [6, 6.07) is 8.08. The van der Waals surface area contributed by atoms with Crippen molar-refractivity contribution >= 4 is 29.3 Å². The third-order valence-electron chi connectivity index (χ3n) is 4.46. The smallest absolute Gasteiger partial charge is 0.248 e. The van der Waals surface area contributed by atoms with E-state index in [1.54, 1.807) is 19.0 Å². The van der Waals surface area contributed by atoms with Gasteiger partial charge in [-0.1, -0.05) is 23.7 Å². The number of likely N-dealkylation sites (N-methyl/N-ethyl adjacent to an activating group) is 1. The molecule has 0 N–H and O–H groups in total. The molecule has 2 aliphatic heterocycles. The Morgan fingerprint density at radius 1 is 1.39 bits per heavy atom. The van der Waals surface area contributed by atoms with Crippen molar-refractivity contribution in [2.45, 2.75) is 23.8 Å². The highest BCUT2D eigenvalue weighted by Crippen LogP contribution is 2.46. The molecule has 126 valence electrons. The molecule has 2 fully saturated rings. The first-order valence-corrected chi connectivity index (χ1v) is 9.25. The Hall–Kier alpha value is -0.750. The van der Waals surface area contributed by atoms with Crippen LogP contribution in [0.25, 0.3) is 0 Å². The molecule has 1 atom stereocenters. The van der Waals surface area contributed by atoms with Gasteiger partial charge in [0, 0.05) is 49.3 Å². The molecule has 0 aromatic heterocycles. The van der Waals surface area contributed by atoms with Crippen molar-refractivity contribution in [3.8, 4) is 0 Å². The highest BCUT2D eigenvalue weighted by molar-refractivity contribution is 8.01. The van der Waals surface area contributed by atoms with E-state index in [9.17, 15) is 4.79 Å². The molecule has 23 heavy (non-hydrogen) atoms. The van der Waals surface area contributed by atoms with Crippen molar-refractivity contribution in [2.24, 2.45) is 0 Å². The minimum atomic E-state index is 0.0360. The van der Waals surface area contributed by atoms with Gasteiger partial charge in [-0.2, -0.15) is 0 Å². The third-order valence-corrected chi connectivity index (χ3v) is 6.29. The van der Waals surface area contributed by atoms with Crippen molar-refractivity contribution in [3.63, 3.8) is 0 Å². The second-order valence-electron chi connectivity index (χ2n) is 6.69. The Morgan fingerprint density at radius 3 is 2.74 bits per heavy atom. The zero-order valence-corrected chi connectivity index (χ0v) is 15.2. The van der Waals surface area contributed by atoms with Crippen LogP contribution in [0, 0.1) is 0 Å². The number of ether oxygens (including phenoxy) is 1. The minimum absolute atomic E-state index is 0.0360. The lowest BCUT2D eigenvalue weighted by molar-refractivity contribution is -0.135. The summed E-state index contributed by atoms with van der Waals surface area (Å²) in [5.74, 6) is 1.03. The van der Waals surface area contributed by atoms with Gasteiger partial charge in [0.15, 0.2) is 0 Å². The predicted octanol–water partition coefficient (Wildman–Crippen LogP) is 2.50. The van der Waals surface area contributed by atoms with E-state index in [1.165, 1.54) is 5.56 Å². The lowest BCUT2D eigenvalue weighted by atomic mass is 9.92. The second-order valence-corrected chi connectivity index (χ2v) is 8.62. The molecule has 0 aliphatic carbocycles. The van der Waals surface area contributed by atoms with Crippen LogP contribution in [0.2, 0.25) is 5.02 Å². The molecule has 2 heterocycles. The first-order valence-electron chi connectivity index (χ1n) is 7.88. The van der Waals surface area contributed by atoms with Crippen molar-refractivity contribution in [2.75, 3.05) is 39.5 Å². The number of amides is 1. The summed E-state index contributed by atoms with van der Waals surface area (Å²) in [7, 11) is 3.52. The van der Waals surface area contributed by atoms with Crippen molar-refractivity contribution < 1.29 is 9.53 Å². The Balaban J connectivity index is 1.42. The molecule has 2 saturated heterocycles. The van der Waals surface area contributed by atoms with E-state index in [-0.39, 0.29) is 18.6 Å². The number of rotatable bonds is 5. The van der Waals surface area contributed by atoms with Gasteiger partial charge in [-0.3, -0.25) is 9.69 Å². The lowest BCUT2D eigenvalue weighted by Gasteiger charge is -2.47. The first kappa shape index (κ1) is 17.1. The maximum Gasteiger partial charge on any atom is 0.248 e. The molecule has 4 nitrogen and oxygen atoms in total. The molecular weight excluding hydrogens is 332 g/mol. The summed E-state index contributed by atoms with van der Waals surface area (Å²) >= 11 is 7.93. The maximum absolute atomic E-state index is 11.6. The van der Waals surface area contributed by atoms with E-state index < -0.39 is 0 Å². The molecule has 1 unspecified atom stereocenters. The minimum Gasteiger partial charge on any atom is -0.367 e. The van der Waals surface area contributed by atoms with E-state index in [0.29, 0.717) is 4.75 Å². The zero-order chi connectivity index (χ0) is 16.4. The summed E-state index contributed by atoms with van der Waals surface area (Å²) in [5.41, 5.74) is 1.30. The van der Waals surface area contributed by atoms with E-state index in [2.05, 4.69) is 17.0 Å². The van der Waals surface area contributed by atoms with Crippen LogP contribution in [0.5, 0.6) is 0 Å². The van der Waals surface area contributed by atoms with Crippen LogP contribution in [0.4, 0.5) is 0 Å². The Morgan fingerprint density at radius 2 is 2.09 bits per heavy atom. The van der Waals surface area contributed by atoms with Gasteiger partial charge in [-0.25, -0.2) is 0 Å². The van der Waals surface area contributed by atoms with E-state index >= 15 is 0 Å². The SMILES string of the molecule is CN(C)C(=O)COC1CSC2(C1)CN(Cc1ccc(Cl)cc1)C2. The highest BCUT2D eigenvalue weighted by Gasteiger charge is 2.49. The Bertz CT molecular complexity index is 558. The maximum atomic E-state index is 11.6. The van der Waals surface area contributed by atoms with Gasteiger partial charge in [0.1, 0.15) is 6.61 Å². The lowest BCUT2D eigenvalue weighted by Crippen LogP contribution is -2.58. The first-order chi connectivity index (χ1) is 11.0. The van der Waals surface area contributed by atoms with E-state index in [4.69, 9.17) is 16.3 Å². The van der Waals surface area contributed by atoms with Crippen LogP contribution in [0.3, 0.4) is 0 Å². The molecule has 2 aliphatic rings. The van der Waals surface area contributed by atoms with Crippen molar-refractivity contribution in [3.05, 3.63) is 34.9 Å². The molecule has 1 aromatic rings. The summed E-state index contributed by atoms with van der Waals surface area (Å²) in [6.45, 7) is 3.37. The Labute approximate surface area is 147 Å². The average molecular weight is 355 g/mol. The normalized spacial score (nSPS) is 23.0. The van der Waals surface area contributed by atoms with Crippen LogP contribution in [0.15, 0.2) is 24.3 Å². The van der Waals surface area contributed by atoms with Crippen molar-refractivity contribution in [1.82, 2.24) is 9.80 Å². The fourth-order valence-electron chi connectivity index (χ4n) is 3.18. The standard InChI is InChI=1S/C17H23ClN2O2S/c1-19(2)16(21)9-22-15-7-17(23-10-15)11-20(12-17)8-13-3-5-14(18)6-4-13/h3-6,15H,7-12H2,1-2H3. The molecular formula is C17H23ClN2O2S. The van der Waals surface area contributed by atoms with Gasteiger partial charge >= 0.3 is 0 Å². The molecule has 1 spiro atoms. The zero-order valence-electron chi connectivity index (χ0n) is 13.6. The molecule has 1 aromatic carbocycles. The molecule has 6 heteroatoms. The summed E-state index contributed by atoms with van der Waals surface area (Å²) in [6.07, 6.45) is 1.26. The van der Waals surface area contributed by atoms with Gasteiger partial charge in [-0.15, -0.1) is 11.8 Å². The number of carbonyl (C=O) groups excluding carboxylic acids is 1. The number of hydrogen-bond acceptors (Lipinski definition) is 4. The van der Waals surface area contributed by atoms with E-state index in [0.717, 1.165) is 36.8 Å². The molecule has 0 bridgehead atoms. The van der Waals surface area contributed by atoms with Gasteiger partial charge in [0.2, 0.25) is 5.91 Å².